The summed E-state index contributed by atoms with van der Waals surface area (Å²) in [7, 11) is 0. The van der Waals surface area contributed by atoms with Gasteiger partial charge in [0.1, 0.15) is 0 Å². The first-order valence-electron chi connectivity index (χ1n) is 9.16. The number of aliphatic hydroxyl groups excluding tert-OH is 1. The number of aliphatic hydroxyl groups is 1. The Balaban J connectivity index is 1.37. The van der Waals surface area contributed by atoms with E-state index >= 15 is 0 Å². The van der Waals surface area contributed by atoms with Crippen molar-refractivity contribution in [3.63, 3.8) is 0 Å². The van der Waals surface area contributed by atoms with E-state index in [2.05, 4.69) is 40.5 Å². The molecule has 1 saturated heterocycles. The zero-order valence-electron chi connectivity index (χ0n) is 14.9. The molecule has 1 aromatic heterocycles. The van der Waals surface area contributed by atoms with Crippen molar-refractivity contribution < 1.29 is 9.90 Å². The maximum Gasteiger partial charge on any atom is 0.244 e. The Morgan fingerprint density at radius 3 is 2.69 bits per heavy atom. The average molecular weight is 371 g/mol. The number of piperidine rings is 1. The second kappa shape index (κ2) is 9.67. The molecule has 5 heteroatoms. The molecule has 1 fully saturated rings. The number of carbonyl (C=O) groups is 1. The van der Waals surface area contributed by atoms with E-state index < -0.39 is 0 Å². The molecule has 0 saturated carbocycles. The SMILES string of the molecule is O=C(C=Cc1cc(CO)cs1)NC1CCN(CCc2ccccc2)CC1. The molecule has 2 aromatic rings. The summed E-state index contributed by atoms with van der Waals surface area (Å²) in [5, 5.41) is 14.1. The lowest BCUT2D eigenvalue weighted by Crippen LogP contribution is -2.44. The third-order valence-electron chi connectivity index (χ3n) is 4.75. The fraction of sp³-hybridized carbons (Fsp3) is 0.381. The van der Waals surface area contributed by atoms with Crippen molar-refractivity contribution in [3.8, 4) is 0 Å². The van der Waals surface area contributed by atoms with Crippen LogP contribution in [-0.4, -0.2) is 41.6 Å². The van der Waals surface area contributed by atoms with Crippen LogP contribution in [0.5, 0.6) is 0 Å². The summed E-state index contributed by atoms with van der Waals surface area (Å²) in [5.74, 6) is -0.0355. The van der Waals surface area contributed by atoms with E-state index in [0.717, 1.165) is 49.3 Å². The largest absolute Gasteiger partial charge is 0.392 e. The second-order valence-corrected chi connectivity index (χ2v) is 7.65. The van der Waals surface area contributed by atoms with Gasteiger partial charge in [0.25, 0.3) is 0 Å². The average Bonchev–Trinajstić information content (AvgIpc) is 3.15. The van der Waals surface area contributed by atoms with Crippen molar-refractivity contribution in [3.05, 3.63) is 63.9 Å². The molecule has 0 spiro atoms. The summed E-state index contributed by atoms with van der Waals surface area (Å²) >= 11 is 1.53. The molecule has 0 bridgehead atoms. The molecular weight excluding hydrogens is 344 g/mol. The van der Waals surface area contributed by atoms with Crippen molar-refractivity contribution >= 4 is 23.3 Å². The predicted molar refractivity (Wildman–Crippen MR) is 107 cm³/mol. The lowest BCUT2D eigenvalue weighted by Gasteiger charge is -2.32. The number of hydrogen-bond donors (Lipinski definition) is 2. The van der Waals surface area contributed by atoms with Gasteiger partial charge in [-0.3, -0.25) is 4.79 Å². The van der Waals surface area contributed by atoms with Gasteiger partial charge >= 0.3 is 0 Å². The van der Waals surface area contributed by atoms with Crippen LogP contribution in [0.15, 0.2) is 47.9 Å². The van der Waals surface area contributed by atoms with Crippen LogP contribution in [0.2, 0.25) is 0 Å². The molecule has 0 radical (unpaired) electrons. The second-order valence-electron chi connectivity index (χ2n) is 6.71. The van der Waals surface area contributed by atoms with Crippen LogP contribution in [0.3, 0.4) is 0 Å². The molecule has 1 aliphatic rings. The molecule has 1 amide bonds. The van der Waals surface area contributed by atoms with Gasteiger partial charge in [-0.25, -0.2) is 0 Å². The minimum absolute atomic E-state index is 0.0355. The quantitative estimate of drug-likeness (QED) is 0.737. The molecule has 0 atom stereocenters. The molecule has 26 heavy (non-hydrogen) atoms. The Morgan fingerprint density at radius 1 is 1.23 bits per heavy atom. The van der Waals surface area contributed by atoms with E-state index in [0.29, 0.717) is 0 Å². The third kappa shape index (κ3) is 5.80. The number of rotatable bonds is 7. The van der Waals surface area contributed by atoms with Gasteiger partial charge in [0.2, 0.25) is 5.91 Å². The number of hydrogen-bond acceptors (Lipinski definition) is 4. The van der Waals surface area contributed by atoms with Crippen molar-refractivity contribution in [1.29, 1.82) is 0 Å². The van der Waals surface area contributed by atoms with E-state index in [4.69, 9.17) is 5.11 Å². The van der Waals surface area contributed by atoms with Crippen LogP contribution in [0.4, 0.5) is 0 Å². The maximum absolute atomic E-state index is 12.1. The van der Waals surface area contributed by atoms with Gasteiger partial charge in [-0.05, 0) is 47.9 Å². The number of carbonyl (C=O) groups excluding carboxylic acids is 1. The van der Waals surface area contributed by atoms with E-state index in [1.165, 1.54) is 16.9 Å². The van der Waals surface area contributed by atoms with Gasteiger partial charge in [0, 0.05) is 36.6 Å². The number of likely N-dealkylation sites (tertiary alicyclic amines) is 1. The van der Waals surface area contributed by atoms with Gasteiger partial charge in [0.05, 0.1) is 6.61 Å². The smallest absolute Gasteiger partial charge is 0.244 e. The van der Waals surface area contributed by atoms with Crippen LogP contribution in [0, 0.1) is 0 Å². The molecule has 0 aliphatic carbocycles. The van der Waals surface area contributed by atoms with E-state index in [-0.39, 0.29) is 18.6 Å². The van der Waals surface area contributed by atoms with Crippen LogP contribution < -0.4 is 5.32 Å². The minimum Gasteiger partial charge on any atom is -0.392 e. The summed E-state index contributed by atoms with van der Waals surface area (Å²) in [6.07, 6.45) is 6.49. The first-order valence-corrected chi connectivity index (χ1v) is 10.0. The molecule has 0 unspecified atom stereocenters. The highest BCUT2D eigenvalue weighted by Crippen LogP contribution is 2.16. The Hall–Kier alpha value is -1.95. The van der Waals surface area contributed by atoms with E-state index in [9.17, 15) is 4.79 Å². The zero-order chi connectivity index (χ0) is 18.2. The van der Waals surface area contributed by atoms with Crippen LogP contribution in [-0.2, 0) is 17.8 Å². The highest BCUT2D eigenvalue weighted by atomic mass is 32.1. The normalized spacial score (nSPS) is 16.2. The number of benzene rings is 1. The van der Waals surface area contributed by atoms with Crippen LogP contribution in [0.1, 0.15) is 28.8 Å². The Labute approximate surface area is 159 Å². The monoisotopic (exact) mass is 370 g/mol. The van der Waals surface area contributed by atoms with E-state index in [1.54, 1.807) is 6.08 Å². The van der Waals surface area contributed by atoms with Crippen molar-refractivity contribution in [2.45, 2.75) is 31.9 Å². The molecule has 2 N–H and O–H groups in total. The topological polar surface area (TPSA) is 52.6 Å². The minimum atomic E-state index is -0.0355. The molecule has 4 nitrogen and oxygen atoms in total. The Morgan fingerprint density at radius 2 is 2.00 bits per heavy atom. The lowest BCUT2D eigenvalue weighted by molar-refractivity contribution is -0.117. The van der Waals surface area contributed by atoms with Gasteiger partial charge < -0.3 is 15.3 Å². The van der Waals surface area contributed by atoms with E-state index in [1.807, 2.05) is 17.5 Å². The summed E-state index contributed by atoms with van der Waals surface area (Å²) in [6.45, 7) is 3.19. The number of thiophene rings is 1. The highest BCUT2D eigenvalue weighted by molar-refractivity contribution is 7.11. The van der Waals surface area contributed by atoms with Gasteiger partial charge in [-0.2, -0.15) is 0 Å². The molecule has 1 aromatic carbocycles. The fourth-order valence-electron chi connectivity index (χ4n) is 3.20. The van der Waals surface area contributed by atoms with Gasteiger partial charge in [-0.1, -0.05) is 30.3 Å². The molecule has 138 valence electrons. The molecule has 2 heterocycles. The molecule has 1 aliphatic heterocycles. The number of amides is 1. The summed E-state index contributed by atoms with van der Waals surface area (Å²) in [5.41, 5.74) is 2.27. The fourth-order valence-corrected chi connectivity index (χ4v) is 4.00. The number of nitrogens with one attached hydrogen (secondary N) is 1. The summed E-state index contributed by atoms with van der Waals surface area (Å²) < 4.78 is 0. The van der Waals surface area contributed by atoms with Crippen molar-refractivity contribution in [2.75, 3.05) is 19.6 Å². The first-order chi connectivity index (χ1) is 12.7. The van der Waals surface area contributed by atoms with Crippen LogP contribution in [0.25, 0.3) is 6.08 Å². The Kier molecular flexibility index (Phi) is 7.00. The molecular formula is C21H26N2O2S. The molecule has 3 rings (SSSR count). The van der Waals surface area contributed by atoms with Crippen molar-refractivity contribution in [2.24, 2.45) is 0 Å². The first kappa shape index (κ1) is 18.8. The van der Waals surface area contributed by atoms with Crippen molar-refractivity contribution in [1.82, 2.24) is 10.2 Å². The number of nitrogens with zero attached hydrogens (tertiary/aromatic N) is 1. The third-order valence-corrected chi connectivity index (χ3v) is 5.70. The maximum atomic E-state index is 12.1. The summed E-state index contributed by atoms with van der Waals surface area (Å²) in [4.78, 5) is 15.6. The highest BCUT2D eigenvalue weighted by Gasteiger charge is 2.19. The van der Waals surface area contributed by atoms with Crippen LogP contribution >= 0.6 is 11.3 Å². The zero-order valence-corrected chi connectivity index (χ0v) is 15.8. The Bertz CT molecular complexity index is 719. The van der Waals surface area contributed by atoms with Gasteiger partial charge in [-0.15, -0.1) is 11.3 Å². The van der Waals surface area contributed by atoms with Gasteiger partial charge in [0.15, 0.2) is 0 Å². The summed E-state index contributed by atoms with van der Waals surface area (Å²) in [6, 6.07) is 12.7. The standard InChI is InChI=1S/C21H26N2O2S/c24-15-18-14-20(26-16-18)6-7-21(25)22-19-9-12-23(13-10-19)11-8-17-4-2-1-3-5-17/h1-7,14,16,19,24H,8-13,15H2,(H,22,25). The predicted octanol–water partition coefficient (Wildman–Crippen LogP) is 3.08. The lowest BCUT2D eigenvalue weighted by atomic mass is 10.0.